The Bertz CT molecular complexity index is 904. The van der Waals surface area contributed by atoms with Gasteiger partial charge in [0.15, 0.2) is 5.16 Å². The van der Waals surface area contributed by atoms with Gasteiger partial charge in [-0.15, -0.1) is 0 Å². The molecule has 2 amide bonds. The van der Waals surface area contributed by atoms with Crippen molar-refractivity contribution < 1.29 is 14.3 Å². The second kappa shape index (κ2) is 9.35. The number of imidazole rings is 1. The maximum absolute atomic E-state index is 12.6. The molecule has 1 aromatic carbocycles. The number of hydrogen-bond donors (Lipinski definition) is 2. The van der Waals surface area contributed by atoms with Crippen LogP contribution in [0, 0.1) is 13.8 Å². The molecular formula is C21H28N4O3S. The lowest BCUT2D eigenvalue weighted by Crippen LogP contribution is -2.16. The summed E-state index contributed by atoms with van der Waals surface area (Å²) in [4.78, 5) is 28.6. The number of aromatic nitrogens is 2. The summed E-state index contributed by atoms with van der Waals surface area (Å²) >= 11 is 1.45. The minimum absolute atomic E-state index is 0.149. The van der Waals surface area contributed by atoms with E-state index in [2.05, 4.69) is 27.1 Å². The maximum atomic E-state index is 12.6. The van der Waals surface area contributed by atoms with Gasteiger partial charge in [0.2, 0.25) is 11.8 Å². The van der Waals surface area contributed by atoms with Crippen molar-refractivity contribution in [2.75, 3.05) is 23.5 Å². The molecule has 0 spiro atoms. The van der Waals surface area contributed by atoms with Crippen LogP contribution in [0.2, 0.25) is 0 Å². The van der Waals surface area contributed by atoms with Gasteiger partial charge in [0, 0.05) is 24.3 Å². The van der Waals surface area contributed by atoms with Crippen molar-refractivity contribution in [3.8, 4) is 5.75 Å². The van der Waals surface area contributed by atoms with E-state index in [1.165, 1.54) is 50.1 Å². The predicted molar refractivity (Wildman–Crippen MR) is 116 cm³/mol. The van der Waals surface area contributed by atoms with Gasteiger partial charge in [-0.25, -0.2) is 4.98 Å². The van der Waals surface area contributed by atoms with Crippen LogP contribution in [0.25, 0.3) is 0 Å². The first-order chi connectivity index (χ1) is 13.9. The van der Waals surface area contributed by atoms with E-state index >= 15 is 0 Å². The summed E-state index contributed by atoms with van der Waals surface area (Å²) < 4.78 is 7.63. The second-order valence-electron chi connectivity index (χ2n) is 7.31. The number of ether oxygens (including phenoxy) is 1. The van der Waals surface area contributed by atoms with Crippen molar-refractivity contribution in [3.05, 3.63) is 29.6 Å². The molecule has 0 atom stereocenters. The molecule has 156 valence electrons. The number of nitrogens with zero attached hydrogens (tertiary/aromatic N) is 2. The molecule has 1 fully saturated rings. The van der Waals surface area contributed by atoms with Crippen molar-refractivity contribution >= 4 is 35.0 Å². The molecule has 1 saturated carbocycles. The van der Waals surface area contributed by atoms with E-state index in [9.17, 15) is 9.59 Å². The summed E-state index contributed by atoms with van der Waals surface area (Å²) in [7, 11) is 1.54. The van der Waals surface area contributed by atoms with E-state index in [1.54, 1.807) is 25.3 Å². The van der Waals surface area contributed by atoms with Gasteiger partial charge in [0.1, 0.15) is 5.75 Å². The summed E-state index contributed by atoms with van der Waals surface area (Å²) in [5, 5.41) is 6.50. The van der Waals surface area contributed by atoms with E-state index in [0.29, 0.717) is 23.2 Å². The first kappa shape index (κ1) is 21.2. The maximum Gasteiger partial charge on any atom is 0.234 e. The molecule has 0 saturated heterocycles. The molecule has 29 heavy (non-hydrogen) atoms. The lowest BCUT2D eigenvalue weighted by Gasteiger charge is -2.17. The molecule has 1 aliphatic rings. The average Bonchev–Trinajstić information content (AvgIpc) is 3.28. The highest BCUT2D eigenvalue weighted by molar-refractivity contribution is 7.99. The summed E-state index contributed by atoms with van der Waals surface area (Å²) in [6.45, 7) is 5.56. The standard InChI is InChI=1S/C21H28N4O3S/c1-13-14(2)25(17-7-5-6-8-17)21(22-13)29-12-20(27)24-18-11-16(23-15(3)26)9-10-19(18)28-4/h9-11,17H,5-8,12H2,1-4H3,(H,23,26)(H,24,27). The fourth-order valence-corrected chi connectivity index (χ4v) is 4.65. The highest BCUT2D eigenvalue weighted by Crippen LogP contribution is 2.35. The average molecular weight is 417 g/mol. The van der Waals surface area contributed by atoms with Crippen LogP contribution in [0.1, 0.15) is 50.0 Å². The fraction of sp³-hybridized carbons (Fsp3) is 0.476. The summed E-state index contributed by atoms with van der Waals surface area (Å²) in [5.41, 5.74) is 3.33. The van der Waals surface area contributed by atoms with Gasteiger partial charge in [-0.2, -0.15) is 0 Å². The number of methoxy groups -OCH3 is 1. The first-order valence-electron chi connectivity index (χ1n) is 9.82. The minimum atomic E-state index is -0.174. The number of thioether (sulfide) groups is 1. The molecule has 0 aliphatic heterocycles. The molecule has 1 aromatic heterocycles. The van der Waals surface area contributed by atoms with Gasteiger partial charge < -0.3 is 19.9 Å². The van der Waals surface area contributed by atoms with Gasteiger partial charge in [-0.3, -0.25) is 9.59 Å². The first-order valence-corrected chi connectivity index (χ1v) is 10.8. The summed E-state index contributed by atoms with van der Waals surface area (Å²) in [5.74, 6) is 0.462. The molecule has 2 N–H and O–H groups in total. The SMILES string of the molecule is COc1ccc(NC(C)=O)cc1NC(=O)CSc1nc(C)c(C)n1C1CCCC1. The van der Waals surface area contributed by atoms with Crippen LogP contribution in [0.4, 0.5) is 11.4 Å². The Hall–Kier alpha value is -2.48. The van der Waals surface area contributed by atoms with Crippen molar-refractivity contribution in [1.29, 1.82) is 0 Å². The third-order valence-electron chi connectivity index (χ3n) is 5.17. The molecule has 0 unspecified atom stereocenters. The monoisotopic (exact) mass is 416 g/mol. The van der Waals surface area contributed by atoms with Crippen LogP contribution in [0.3, 0.4) is 0 Å². The zero-order chi connectivity index (χ0) is 21.0. The number of carbonyl (C=O) groups excluding carboxylic acids is 2. The van der Waals surface area contributed by atoms with Crippen LogP contribution < -0.4 is 15.4 Å². The Morgan fingerprint density at radius 3 is 2.62 bits per heavy atom. The van der Waals surface area contributed by atoms with E-state index in [1.807, 2.05) is 6.92 Å². The van der Waals surface area contributed by atoms with E-state index in [4.69, 9.17) is 4.74 Å². The fourth-order valence-electron chi connectivity index (χ4n) is 3.69. The smallest absolute Gasteiger partial charge is 0.234 e. The number of anilines is 2. The Balaban J connectivity index is 1.69. The third kappa shape index (κ3) is 5.12. The van der Waals surface area contributed by atoms with Gasteiger partial charge in [-0.1, -0.05) is 24.6 Å². The van der Waals surface area contributed by atoms with Crippen LogP contribution in [0.15, 0.2) is 23.4 Å². The van der Waals surface area contributed by atoms with E-state index in [0.717, 1.165) is 10.9 Å². The normalized spacial score (nSPS) is 14.1. The highest BCUT2D eigenvalue weighted by atomic mass is 32.2. The summed E-state index contributed by atoms with van der Waals surface area (Å²) in [6, 6.07) is 5.62. The number of hydrogen-bond acceptors (Lipinski definition) is 5. The topological polar surface area (TPSA) is 85.2 Å². The third-order valence-corrected chi connectivity index (χ3v) is 6.12. The molecule has 1 aliphatic carbocycles. The number of carbonyl (C=O) groups is 2. The van der Waals surface area contributed by atoms with Crippen molar-refractivity contribution in [2.45, 2.75) is 57.7 Å². The second-order valence-corrected chi connectivity index (χ2v) is 8.25. The van der Waals surface area contributed by atoms with Crippen molar-refractivity contribution in [2.24, 2.45) is 0 Å². The number of benzene rings is 1. The van der Waals surface area contributed by atoms with Gasteiger partial charge in [0.25, 0.3) is 0 Å². The van der Waals surface area contributed by atoms with Crippen LogP contribution in [0.5, 0.6) is 5.75 Å². The summed E-state index contributed by atoms with van der Waals surface area (Å²) in [6.07, 6.45) is 4.83. The van der Waals surface area contributed by atoms with Gasteiger partial charge in [-0.05, 0) is 44.9 Å². The van der Waals surface area contributed by atoms with Crippen LogP contribution in [-0.4, -0.2) is 34.2 Å². The van der Waals surface area contributed by atoms with Crippen LogP contribution >= 0.6 is 11.8 Å². The lowest BCUT2D eigenvalue weighted by atomic mass is 10.2. The largest absolute Gasteiger partial charge is 0.495 e. The zero-order valence-electron chi connectivity index (χ0n) is 17.4. The van der Waals surface area contributed by atoms with Gasteiger partial charge in [0.05, 0.1) is 24.2 Å². The molecule has 2 aromatic rings. The predicted octanol–water partition coefficient (Wildman–Crippen LogP) is 4.31. The van der Waals surface area contributed by atoms with Crippen molar-refractivity contribution in [3.63, 3.8) is 0 Å². The lowest BCUT2D eigenvalue weighted by molar-refractivity contribution is -0.114. The van der Waals surface area contributed by atoms with E-state index in [-0.39, 0.29) is 17.6 Å². The number of nitrogens with one attached hydrogen (secondary N) is 2. The Labute approximate surface area is 175 Å². The Kier molecular flexibility index (Phi) is 6.84. The highest BCUT2D eigenvalue weighted by Gasteiger charge is 2.23. The molecular weight excluding hydrogens is 388 g/mol. The van der Waals surface area contributed by atoms with Gasteiger partial charge >= 0.3 is 0 Å². The molecule has 0 radical (unpaired) electrons. The minimum Gasteiger partial charge on any atom is -0.495 e. The number of aryl methyl sites for hydroxylation is 1. The van der Waals surface area contributed by atoms with E-state index < -0.39 is 0 Å². The molecule has 8 heteroatoms. The Morgan fingerprint density at radius 2 is 1.97 bits per heavy atom. The Morgan fingerprint density at radius 1 is 1.24 bits per heavy atom. The molecule has 0 bridgehead atoms. The molecule has 7 nitrogen and oxygen atoms in total. The quantitative estimate of drug-likeness (QED) is 0.657. The molecule has 3 rings (SSSR count). The van der Waals surface area contributed by atoms with Crippen LogP contribution in [-0.2, 0) is 9.59 Å². The zero-order valence-corrected chi connectivity index (χ0v) is 18.2. The number of amides is 2. The van der Waals surface area contributed by atoms with Crippen molar-refractivity contribution in [1.82, 2.24) is 9.55 Å². The number of rotatable bonds is 7. The molecule has 1 heterocycles.